The fourth-order valence-electron chi connectivity index (χ4n) is 3.37. The minimum atomic E-state index is -0.419. The summed E-state index contributed by atoms with van der Waals surface area (Å²) in [6.45, 7) is 7.37. The zero-order valence-corrected chi connectivity index (χ0v) is 17.9. The highest BCUT2D eigenvalue weighted by Crippen LogP contribution is 2.20. The molecule has 0 saturated heterocycles. The molecule has 2 amide bonds. The maximum absolute atomic E-state index is 13.1. The number of rotatable bonds is 5. The molecule has 0 radical (unpaired) electrons. The Labute approximate surface area is 175 Å². The highest BCUT2D eigenvalue weighted by atomic mass is 16.2. The van der Waals surface area contributed by atoms with Crippen molar-refractivity contribution in [1.29, 1.82) is 0 Å². The van der Waals surface area contributed by atoms with Crippen molar-refractivity contribution >= 4 is 28.3 Å². The standard InChI is InChI=1S/C23H26N4O3/c1-14(2)27-22(29)18-12-7-6-11-17(18)21(25-27)23(30)26(5)13-19(28)24-20-15(3)9-8-10-16(20)4/h6-12,14H,13H2,1-5H3,(H,24,28). The third-order valence-corrected chi connectivity index (χ3v) is 4.99. The molecule has 0 aliphatic heterocycles. The summed E-state index contributed by atoms with van der Waals surface area (Å²) in [6.07, 6.45) is 0. The Morgan fingerprint density at radius 2 is 1.63 bits per heavy atom. The first-order valence-electron chi connectivity index (χ1n) is 9.83. The lowest BCUT2D eigenvalue weighted by atomic mass is 10.1. The Kier molecular flexibility index (Phi) is 6.01. The summed E-state index contributed by atoms with van der Waals surface area (Å²) in [5.41, 5.74) is 2.57. The number of aromatic nitrogens is 2. The Hall–Kier alpha value is -3.48. The van der Waals surface area contributed by atoms with Gasteiger partial charge in [0, 0.05) is 18.1 Å². The van der Waals surface area contributed by atoms with Crippen molar-refractivity contribution in [2.24, 2.45) is 0 Å². The fraction of sp³-hybridized carbons (Fsp3) is 0.304. The number of fused-ring (bicyclic) bond motifs is 1. The van der Waals surface area contributed by atoms with E-state index < -0.39 is 5.91 Å². The number of benzene rings is 2. The zero-order valence-electron chi connectivity index (χ0n) is 17.9. The molecular formula is C23H26N4O3. The number of carbonyl (C=O) groups is 2. The third-order valence-electron chi connectivity index (χ3n) is 4.99. The van der Waals surface area contributed by atoms with Crippen molar-refractivity contribution < 1.29 is 9.59 Å². The largest absolute Gasteiger partial charge is 0.331 e. The number of aryl methyl sites for hydroxylation is 2. The number of anilines is 1. The molecule has 2 aromatic carbocycles. The van der Waals surface area contributed by atoms with Crippen LogP contribution >= 0.6 is 0 Å². The van der Waals surface area contributed by atoms with Gasteiger partial charge < -0.3 is 10.2 Å². The average molecular weight is 406 g/mol. The summed E-state index contributed by atoms with van der Waals surface area (Å²) >= 11 is 0. The number of amides is 2. The van der Waals surface area contributed by atoms with E-state index in [0.29, 0.717) is 10.8 Å². The summed E-state index contributed by atoms with van der Waals surface area (Å²) in [6, 6.07) is 12.5. The molecule has 3 aromatic rings. The van der Waals surface area contributed by atoms with Crippen molar-refractivity contribution in [3.05, 3.63) is 69.6 Å². The smallest absolute Gasteiger partial charge is 0.275 e. The molecule has 0 bridgehead atoms. The van der Waals surface area contributed by atoms with Gasteiger partial charge in [0.2, 0.25) is 5.91 Å². The predicted octanol–water partition coefficient (Wildman–Crippen LogP) is 3.30. The van der Waals surface area contributed by atoms with Crippen LogP contribution in [0.25, 0.3) is 10.8 Å². The second-order valence-electron chi connectivity index (χ2n) is 7.71. The van der Waals surface area contributed by atoms with Crippen LogP contribution in [0.15, 0.2) is 47.3 Å². The number of hydrogen-bond donors (Lipinski definition) is 1. The molecule has 0 unspecified atom stereocenters. The summed E-state index contributed by atoms with van der Waals surface area (Å²) in [7, 11) is 1.55. The highest BCUT2D eigenvalue weighted by Gasteiger charge is 2.22. The SMILES string of the molecule is Cc1cccc(C)c1NC(=O)CN(C)C(=O)c1nn(C(C)C)c(=O)c2ccccc12. The van der Waals surface area contributed by atoms with Gasteiger partial charge in [-0.2, -0.15) is 5.10 Å². The summed E-state index contributed by atoms with van der Waals surface area (Å²) < 4.78 is 1.31. The van der Waals surface area contributed by atoms with Crippen LogP contribution in [0.2, 0.25) is 0 Å². The number of hydrogen-bond acceptors (Lipinski definition) is 4. The van der Waals surface area contributed by atoms with Crippen LogP contribution in [0.5, 0.6) is 0 Å². The monoisotopic (exact) mass is 406 g/mol. The van der Waals surface area contributed by atoms with Gasteiger partial charge in [-0.25, -0.2) is 4.68 Å². The molecule has 1 heterocycles. The maximum atomic E-state index is 13.1. The molecule has 0 aliphatic carbocycles. The molecule has 1 aromatic heterocycles. The quantitative estimate of drug-likeness (QED) is 0.705. The highest BCUT2D eigenvalue weighted by molar-refractivity contribution is 6.06. The van der Waals surface area contributed by atoms with Gasteiger partial charge in [-0.15, -0.1) is 0 Å². The van der Waals surface area contributed by atoms with Crippen LogP contribution in [0.1, 0.15) is 41.5 Å². The molecule has 1 N–H and O–H groups in total. The van der Waals surface area contributed by atoms with Crippen molar-refractivity contribution in [2.45, 2.75) is 33.7 Å². The number of carbonyl (C=O) groups excluding carboxylic acids is 2. The van der Waals surface area contributed by atoms with Crippen molar-refractivity contribution in [1.82, 2.24) is 14.7 Å². The molecule has 0 spiro atoms. The van der Waals surface area contributed by atoms with Gasteiger partial charge in [0.25, 0.3) is 11.5 Å². The molecule has 0 fully saturated rings. The zero-order chi connectivity index (χ0) is 22.0. The molecule has 7 nitrogen and oxygen atoms in total. The lowest BCUT2D eigenvalue weighted by Crippen LogP contribution is -2.37. The summed E-state index contributed by atoms with van der Waals surface area (Å²) in [5.74, 6) is -0.720. The van der Waals surface area contributed by atoms with Crippen molar-refractivity contribution in [3.8, 4) is 0 Å². The minimum absolute atomic E-state index is 0.135. The predicted molar refractivity (Wildman–Crippen MR) is 118 cm³/mol. The van der Waals surface area contributed by atoms with E-state index in [2.05, 4.69) is 10.4 Å². The van der Waals surface area contributed by atoms with Gasteiger partial charge in [-0.1, -0.05) is 36.4 Å². The van der Waals surface area contributed by atoms with Crippen LogP contribution in [-0.2, 0) is 4.79 Å². The minimum Gasteiger partial charge on any atom is -0.331 e. The van der Waals surface area contributed by atoms with Gasteiger partial charge in [0.15, 0.2) is 5.69 Å². The van der Waals surface area contributed by atoms with E-state index in [4.69, 9.17) is 0 Å². The van der Waals surface area contributed by atoms with Crippen LogP contribution in [0, 0.1) is 13.8 Å². The van der Waals surface area contributed by atoms with Crippen molar-refractivity contribution in [3.63, 3.8) is 0 Å². The van der Waals surface area contributed by atoms with E-state index in [9.17, 15) is 14.4 Å². The Balaban J connectivity index is 1.89. The maximum Gasteiger partial charge on any atom is 0.275 e. The molecule has 30 heavy (non-hydrogen) atoms. The number of nitrogens with one attached hydrogen (secondary N) is 1. The van der Waals surface area contributed by atoms with Crippen LogP contribution in [-0.4, -0.2) is 40.1 Å². The van der Waals surface area contributed by atoms with Gasteiger partial charge in [0.1, 0.15) is 0 Å². The van der Waals surface area contributed by atoms with E-state index in [1.165, 1.54) is 9.58 Å². The van der Waals surface area contributed by atoms with E-state index in [1.807, 2.05) is 45.9 Å². The van der Waals surface area contributed by atoms with Gasteiger partial charge in [-0.3, -0.25) is 14.4 Å². The molecule has 156 valence electrons. The molecule has 0 saturated carbocycles. The molecule has 7 heteroatoms. The van der Waals surface area contributed by atoms with E-state index >= 15 is 0 Å². The Morgan fingerprint density at radius 1 is 1.03 bits per heavy atom. The normalized spacial score (nSPS) is 11.0. The van der Waals surface area contributed by atoms with E-state index in [0.717, 1.165) is 16.8 Å². The molecular weight excluding hydrogens is 380 g/mol. The second kappa shape index (κ2) is 8.49. The van der Waals surface area contributed by atoms with E-state index in [-0.39, 0.29) is 29.7 Å². The lowest BCUT2D eigenvalue weighted by Gasteiger charge is -2.19. The van der Waals surface area contributed by atoms with Gasteiger partial charge in [-0.05, 0) is 44.9 Å². The van der Waals surface area contributed by atoms with E-state index in [1.54, 1.807) is 31.3 Å². The van der Waals surface area contributed by atoms with Crippen LogP contribution in [0.4, 0.5) is 5.69 Å². The first kappa shape index (κ1) is 21.2. The Morgan fingerprint density at radius 3 is 2.23 bits per heavy atom. The lowest BCUT2D eigenvalue weighted by molar-refractivity contribution is -0.116. The number of likely N-dealkylation sites (N-methyl/N-ethyl adjacent to an activating group) is 1. The van der Waals surface area contributed by atoms with Crippen LogP contribution < -0.4 is 10.9 Å². The Bertz CT molecular complexity index is 1160. The van der Waals surface area contributed by atoms with Crippen LogP contribution in [0.3, 0.4) is 0 Å². The first-order valence-corrected chi connectivity index (χ1v) is 9.83. The molecule has 3 rings (SSSR count). The average Bonchev–Trinajstić information content (AvgIpc) is 2.70. The summed E-state index contributed by atoms with van der Waals surface area (Å²) in [5, 5.41) is 8.11. The van der Waals surface area contributed by atoms with Crippen molar-refractivity contribution in [2.75, 3.05) is 18.9 Å². The second-order valence-corrected chi connectivity index (χ2v) is 7.71. The third kappa shape index (κ3) is 4.10. The summed E-state index contributed by atoms with van der Waals surface area (Å²) in [4.78, 5) is 39.7. The number of nitrogens with zero attached hydrogens (tertiary/aromatic N) is 3. The first-order chi connectivity index (χ1) is 14.2. The van der Waals surface area contributed by atoms with Gasteiger partial charge >= 0.3 is 0 Å². The topological polar surface area (TPSA) is 84.3 Å². The van der Waals surface area contributed by atoms with Gasteiger partial charge in [0.05, 0.1) is 18.0 Å². The molecule has 0 atom stereocenters. The molecule has 0 aliphatic rings. The fourth-order valence-corrected chi connectivity index (χ4v) is 3.37. The number of para-hydroxylation sites is 1.